The van der Waals surface area contributed by atoms with Crippen LogP contribution in [0.3, 0.4) is 0 Å². The molecule has 3 nitrogen and oxygen atoms in total. The Bertz CT molecular complexity index is 154. The van der Waals surface area contributed by atoms with Crippen LogP contribution >= 0.6 is 0 Å². The molecule has 0 aliphatic rings. The molecule has 0 fully saturated rings. The molecule has 0 bridgehead atoms. The van der Waals surface area contributed by atoms with Crippen LogP contribution in [0.15, 0.2) is 0 Å². The normalized spacial score (nSPS) is 12.2. The van der Waals surface area contributed by atoms with E-state index in [1.165, 1.54) is 0 Å². The third-order valence-corrected chi connectivity index (χ3v) is 1.75. The van der Waals surface area contributed by atoms with Crippen LogP contribution in [-0.4, -0.2) is 18.9 Å². The smallest absolute Gasteiger partial charge is 0.305 e. The van der Waals surface area contributed by atoms with E-state index in [1.54, 1.807) is 0 Å². The fourth-order valence-electron chi connectivity index (χ4n) is 0.936. The van der Waals surface area contributed by atoms with Gasteiger partial charge in [0.15, 0.2) is 0 Å². The van der Waals surface area contributed by atoms with Crippen molar-refractivity contribution in [2.24, 2.45) is 5.92 Å². The zero-order valence-electron chi connectivity index (χ0n) is 8.41. The lowest BCUT2D eigenvalue weighted by Gasteiger charge is -2.04. The monoisotopic (exact) mass is 186 g/mol. The predicted octanol–water partition coefficient (Wildman–Crippen LogP) is 1.94. The molecule has 3 heteroatoms. The van der Waals surface area contributed by atoms with Gasteiger partial charge in [0.2, 0.25) is 0 Å². The maximum absolute atomic E-state index is 10.9. The van der Waals surface area contributed by atoms with Crippen molar-refractivity contribution in [2.75, 3.05) is 6.61 Å². The number of carbonyl (C=O) groups is 2. The van der Waals surface area contributed by atoms with Crippen LogP contribution in [0.25, 0.3) is 0 Å². The third kappa shape index (κ3) is 7.50. The van der Waals surface area contributed by atoms with Gasteiger partial charge in [-0.15, -0.1) is 0 Å². The number of esters is 1. The second-order valence-electron chi connectivity index (χ2n) is 3.23. The predicted molar refractivity (Wildman–Crippen MR) is 50.3 cm³/mol. The van der Waals surface area contributed by atoms with E-state index in [0.717, 1.165) is 25.5 Å². The van der Waals surface area contributed by atoms with E-state index in [-0.39, 0.29) is 11.9 Å². The standard InChI is InChI=1S/C10H18O3/c1-3-5-10(12)13-7-4-6-9(2)8-11/h8-9H,3-7H2,1-2H3. The van der Waals surface area contributed by atoms with Gasteiger partial charge in [-0.05, 0) is 19.3 Å². The Morgan fingerprint density at radius 1 is 1.54 bits per heavy atom. The van der Waals surface area contributed by atoms with Gasteiger partial charge in [-0.3, -0.25) is 4.79 Å². The van der Waals surface area contributed by atoms with E-state index in [2.05, 4.69) is 0 Å². The first-order valence-corrected chi connectivity index (χ1v) is 4.81. The van der Waals surface area contributed by atoms with Gasteiger partial charge < -0.3 is 9.53 Å². The van der Waals surface area contributed by atoms with Crippen LogP contribution in [-0.2, 0) is 14.3 Å². The van der Waals surface area contributed by atoms with Crippen molar-refractivity contribution >= 4 is 12.3 Å². The maximum atomic E-state index is 10.9. The second kappa shape index (κ2) is 7.77. The highest BCUT2D eigenvalue weighted by Crippen LogP contribution is 2.02. The minimum absolute atomic E-state index is 0.0740. The van der Waals surface area contributed by atoms with Crippen LogP contribution in [0.4, 0.5) is 0 Å². The molecule has 0 radical (unpaired) electrons. The number of rotatable bonds is 7. The molecule has 1 atom stereocenters. The molecule has 0 aromatic carbocycles. The summed E-state index contributed by atoms with van der Waals surface area (Å²) >= 11 is 0. The molecule has 0 aromatic heterocycles. The summed E-state index contributed by atoms with van der Waals surface area (Å²) < 4.78 is 4.92. The molecule has 0 aromatic rings. The molecule has 0 saturated heterocycles. The van der Waals surface area contributed by atoms with Crippen molar-refractivity contribution in [2.45, 2.75) is 39.5 Å². The number of hydrogen-bond donors (Lipinski definition) is 0. The molecule has 0 rings (SSSR count). The van der Waals surface area contributed by atoms with Gasteiger partial charge in [0.25, 0.3) is 0 Å². The molecule has 0 N–H and O–H groups in total. The van der Waals surface area contributed by atoms with Crippen molar-refractivity contribution < 1.29 is 14.3 Å². The molecule has 0 heterocycles. The molecule has 0 aliphatic carbocycles. The summed E-state index contributed by atoms with van der Waals surface area (Å²) in [6, 6.07) is 0. The van der Waals surface area contributed by atoms with Gasteiger partial charge in [-0.1, -0.05) is 13.8 Å². The average Bonchev–Trinajstić information content (AvgIpc) is 2.12. The Labute approximate surface area is 79.5 Å². The largest absolute Gasteiger partial charge is 0.466 e. The van der Waals surface area contributed by atoms with E-state index in [0.29, 0.717) is 13.0 Å². The zero-order valence-corrected chi connectivity index (χ0v) is 8.41. The fraction of sp³-hybridized carbons (Fsp3) is 0.800. The van der Waals surface area contributed by atoms with Crippen LogP contribution in [0.1, 0.15) is 39.5 Å². The third-order valence-electron chi connectivity index (χ3n) is 1.75. The number of carbonyl (C=O) groups excluding carboxylic acids is 2. The van der Waals surface area contributed by atoms with E-state index >= 15 is 0 Å². The molecule has 13 heavy (non-hydrogen) atoms. The summed E-state index contributed by atoms with van der Waals surface area (Å²) in [4.78, 5) is 21.1. The molecular formula is C10H18O3. The van der Waals surface area contributed by atoms with Gasteiger partial charge >= 0.3 is 5.97 Å². The minimum atomic E-state index is -0.138. The van der Waals surface area contributed by atoms with Crippen molar-refractivity contribution in [1.82, 2.24) is 0 Å². The highest BCUT2D eigenvalue weighted by molar-refractivity contribution is 5.69. The Balaban J connectivity index is 3.25. The topological polar surface area (TPSA) is 43.4 Å². The molecule has 0 saturated carbocycles. The Kier molecular flexibility index (Phi) is 7.26. The summed E-state index contributed by atoms with van der Waals surface area (Å²) in [5.74, 6) is -0.0638. The maximum Gasteiger partial charge on any atom is 0.305 e. The van der Waals surface area contributed by atoms with Gasteiger partial charge in [-0.2, -0.15) is 0 Å². The van der Waals surface area contributed by atoms with Crippen molar-refractivity contribution in [3.8, 4) is 0 Å². The van der Waals surface area contributed by atoms with E-state index in [9.17, 15) is 9.59 Å². The summed E-state index contributed by atoms with van der Waals surface area (Å²) in [7, 11) is 0. The zero-order chi connectivity index (χ0) is 10.1. The Morgan fingerprint density at radius 2 is 2.23 bits per heavy atom. The first kappa shape index (κ1) is 12.1. The van der Waals surface area contributed by atoms with Gasteiger partial charge in [0, 0.05) is 12.3 Å². The molecule has 76 valence electrons. The van der Waals surface area contributed by atoms with Crippen LogP contribution < -0.4 is 0 Å². The highest BCUT2D eigenvalue weighted by atomic mass is 16.5. The van der Waals surface area contributed by atoms with Crippen LogP contribution in [0, 0.1) is 5.92 Å². The second-order valence-corrected chi connectivity index (χ2v) is 3.23. The van der Waals surface area contributed by atoms with Gasteiger partial charge in [0.05, 0.1) is 6.61 Å². The lowest BCUT2D eigenvalue weighted by Crippen LogP contribution is -2.06. The summed E-state index contributed by atoms with van der Waals surface area (Å²) in [5.41, 5.74) is 0. The molecule has 0 aliphatic heterocycles. The molecule has 0 amide bonds. The van der Waals surface area contributed by atoms with E-state index in [1.807, 2.05) is 13.8 Å². The Morgan fingerprint density at radius 3 is 2.77 bits per heavy atom. The molecule has 0 spiro atoms. The summed E-state index contributed by atoms with van der Waals surface area (Å²) in [5, 5.41) is 0. The first-order chi connectivity index (χ1) is 6.20. The minimum Gasteiger partial charge on any atom is -0.466 e. The van der Waals surface area contributed by atoms with E-state index < -0.39 is 0 Å². The number of aldehydes is 1. The van der Waals surface area contributed by atoms with Crippen LogP contribution in [0.5, 0.6) is 0 Å². The molecular weight excluding hydrogens is 168 g/mol. The summed E-state index contributed by atoms with van der Waals surface area (Å²) in [6.45, 7) is 4.24. The lowest BCUT2D eigenvalue weighted by atomic mass is 10.1. The highest BCUT2D eigenvalue weighted by Gasteiger charge is 2.02. The van der Waals surface area contributed by atoms with E-state index in [4.69, 9.17) is 4.74 Å². The average molecular weight is 186 g/mol. The van der Waals surface area contributed by atoms with Crippen LogP contribution in [0.2, 0.25) is 0 Å². The van der Waals surface area contributed by atoms with Gasteiger partial charge in [0.1, 0.15) is 6.29 Å². The van der Waals surface area contributed by atoms with Gasteiger partial charge in [-0.25, -0.2) is 0 Å². The number of ether oxygens (including phenoxy) is 1. The van der Waals surface area contributed by atoms with Crippen molar-refractivity contribution in [1.29, 1.82) is 0 Å². The first-order valence-electron chi connectivity index (χ1n) is 4.81. The Hall–Kier alpha value is -0.860. The lowest BCUT2D eigenvalue weighted by molar-refractivity contribution is -0.143. The SMILES string of the molecule is CCCC(=O)OCCCC(C)C=O. The van der Waals surface area contributed by atoms with Crippen molar-refractivity contribution in [3.63, 3.8) is 0 Å². The fourth-order valence-corrected chi connectivity index (χ4v) is 0.936. The molecule has 1 unspecified atom stereocenters. The quantitative estimate of drug-likeness (QED) is 0.347. The van der Waals surface area contributed by atoms with Crippen molar-refractivity contribution in [3.05, 3.63) is 0 Å². The summed E-state index contributed by atoms with van der Waals surface area (Å²) in [6.07, 6.45) is 3.80. The number of hydrogen-bond acceptors (Lipinski definition) is 3.